The molecule has 2 aromatic heterocycles. The number of hydrogen-bond acceptors (Lipinski definition) is 2. The summed E-state index contributed by atoms with van der Waals surface area (Å²) in [5.41, 5.74) is 2.18. The van der Waals surface area contributed by atoms with Crippen LogP contribution in [0.1, 0.15) is 11.3 Å². The largest absolute Gasteiger partial charge is 0.356 e. The molecule has 0 fully saturated rings. The van der Waals surface area contributed by atoms with E-state index in [2.05, 4.69) is 26.7 Å². The molecule has 0 radical (unpaired) electrons. The van der Waals surface area contributed by atoms with E-state index in [1.165, 1.54) is 5.56 Å². The van der Waals surface area contributed by atoms with E-state index < -0.39 is 0 Å². The second kappa shape index (κ2) is 10.00. The van der Waals surface area contributed by atoms with Crippen molar-refractivity contribution in [3.05, 3.63) is 52.0 Å². The first-order valence-electron chi connectivity index (χ1n) is 6.95. The third-order valence-electron chi connectivity index (χ3n) is 3.31. The Balaban J connectivity index is 0.00000264. The predicted octanol–water partition coefficient (Wildman–Crippen LogP) is 3.25. The molecular weight excluding hydrogens is 448 g/mol. The number of aliphatic imine (C=N–C) groups is 1. The van der Waals surface area contributed by atoms with Crippen LogP contribution in [-0.4, -0.2) is 29.1 Å². The van der Waals surface area contributed by atoms with Gasteiger partial charge in [0.05, 0.1) is 11.6 Å². The topological polar surface area (TPSA) is 54.2 Å². The summed E-state index contributed by atoms with van der Waals surface area (Å²) in [6.07, 6.45) is 4.52. The van der Waals surface area contributed by atoms with Crippen LogP contribution in [0.15, 0.2) is 35.6 Å². The van der Waals surface area contributed by atoms with Crippen molar-refractivity contribution in [2.75, 3.05) is 13.6 Å². The second-order valence-electron chi connectivity index (χ2n) is 4.80. The van der Waals surface area contributed by atoms with Gasteiger partial charge >= 0.3 is 0 Å². The fraction of sp³-hybridized carbons (Fsp3) is 0.333. The summed E-state index contributed by atoms with van der Waals surface area (Å²) in [6.45, 7) is 1.37. The molecule has 0 saturated carbocycles. The van der Waals surface area contributed by atoms with E-state index in [1.54, 1.807) is 13.2 Å². The molecule has 0 aliphatic rings. The zero-order chi connectivity index (χ0) is 15.9. The maximum absolute atomic E-state index is 6.05. The van der Waals surface area contributed by atoms with Crippen LogP contribution in [0.25, 0.3) is 0 Å². The lowest BCUT2D eigenvalue weighted by Gasteiger charge is -2.12. The molecule has 0 atom stereocenters. The van der Waals surface area contributed by atoms with Crippen molar-refractivity contribution in [2.24, 2.45) is 12.0 Å². The van der Waals surface area contributed by atoms with E-state index in [4.69, 9.17) is 23.2 Å². The van der Waals surface area contributed by atoms with Crippen LogP contribution >= 0.6 is 47.2 Å². The van der Waals surface area contributed by atoms with E-state index in [-0.39, 0.29) is 24.0 Å². The van der Waals surface area contributed by atoms with Gasteiger partial charge in [0.25, 0.3) is 0 Å². The third kappa shape index (κ3) is 5.86. The van der Waals surface area contributed by atoms with Crippen LogP contribution in [0.2, 0.25) is 10.2 Å². The number of rotatable bonds is 5. The Bertz CT molecular complexity index is 643. The van der Waals surface area contributed by atoms with Gasteiger partial charge in [0.2, 0.25) is 0 Å². The number of nitrogens with one attached hydrogen (secondary N) is 2. The maximum atomic E-state index is 6.05. The number of guanidine groups is 1. The molecule has 0 bridgehead atoms. The van der Waals surface area contributed by atoms with Crippen molar-refractivity contribution in [1.82, 2.24) is 20.2 Å². The van der Waals surface area contributed by atoms with E-state index in [9.17, 15) is 0 Å². The highest BCUT2D eigenvalue weighted by atomic mass is 127. The molecular formula is C15H20Cl2IN5. The summed E-state index contributed by atoms with van der Waals surface area (Å²) in [7, 11) is 3.62. The molecule has 0 saturated heterocycles. The number of hydrogen-bond donors (Lipinski definition) is 2. The first-order chi connectivity index (χ1) is 10.6. The summed E-state index contributed by atoms with van der Waals surface area (Å²) in [5, 5.41) is 7.60. The lowest BCUT2D eigenvalue weighted by molar-refractivity contribution is 0.746. The normalized spacial score (nSPS) is 11.0. The molecule has 23 heavy (non-hydrogen) atoms. The van der Waals surface area contributed by atoms with Gasteiger partial charge in [-0.2, -0.15) is 0 Å². The van der Waals surface area contributed by atoms with Crippen molar-refractivity contribution in [2.45, 2.75) is 13.0 Å². The van der Waals surface area contributed by atoms with Crippen molar-refractivity contribution >= 4 is 53.1 Å². The quantitative estimate of drug-likeness (QED) is 0.403. The molecule has 0 spiro atoms. The highest BCUT2D eigenvalue weighted by Crippen LogP contribution is 2.24. The van der Waals surface area contributed by atoms with Crippen molar-refractivity contribution in [3.63, 3.8) is 0 Å². The van der Waals surface area contributed by atoms with Crippen molar-refractivity contribution < 1.29 is 0 Å². The van der Waals surface area contributed by atoms with Crippen LogP contribution in [0.4, 0.5) is 0 Å². The third-order valence-corrected chi connectivity index (χ3v) is 4.15. The Morgan fingerprint density at radius 2 is 2.13 bits per heavy atom. The van der Waals surface area contributed by atoms with Crippen molar-refractivity contribution in [1.29, 1.82) is 0 Å². The number of pyridine rings is 1. The standard InChI is InChI=1S/C15H19Cl2N5.HI/c1-18-15(20-7-5-11-4-3-6-19-9-11)21-10-12-8-13(16)14(17)22(12)2;/h3-4,6,8-9H,5,7,10H2,1-2H3,(H2,18,20,21);1H. The molecule has 0 aromatic carbocycles. The molecule has 8 heteroatoms. The molecule has 0 aliphatic heterocycles. The van der Waals surface area contributed by atoms with Gasteiger partial charge in [0.15, 0.2) is 5.96 Å². The summed E-state index contributed by atoms with van der Waals surface area (Å²) < 4.78 is 1.85. The number of aromatic nitrogens is 2. The van der Waals surface area contributed by atoms with E-state index in [1.807, 2.05) is 29.9 Å². The molecule has 2 N–H and O–H groups in total. The minimum atomic E-state index is 0. The fourth-order valence-electron chi connectivity index (χ4n) is 2.02. The van der Waals surface area contributed by atoms with Gasteiger partial charge in [-0.15, -0.1) is 24.0 Å². The number of nitrogens with zero attached hydrogens (tertiary/aromatic N) is 3. The zero-order valence-electron chi connectivity index (χ0n) is 13.0. The first-order valence-corrected chi connectivity index (χ1v) is 7.70. The molecule has 126 valence electrons. The first kappa shape index (κ1) is 20.1. The SMILES string of the molecule is CN=C(NCCc1cccnc1)NCc1cc(Cl)c(Cl)n1C.I. The van der Waals surface area contributed by atoms with Gasteiger partial charge in [-0.25, -0.2) is 0 Å². The van der Waals surface area contributed by atoms with Crippen molar-refractivity contribution in [3.8, 4) is 0 Å². The Morgan fingerprint density at radius 3 is 2.70 bits per heavy atom. The Labute approximate surface area is 163 Å². The van der Waals surface area contributed by atoms with Crippen LogP contribution in [-0.2, 0) is 20.0 Å². The second-order valence-corrected chi connectivity index (χ2v) is 5.56. The van der Waals surface area contributed by atoms with E-state index in [0.717, 1.165) is 24.6 Å². The maximum Gasteiger partial charge on any atom is 0.191 e. The van der Waals surface area contributed by atoms with Gasteiger partial charge in [-0.05, 0) is 24.1 Å². The Morgan fingerprint density at radius 1 is 1.35 bits per heavy atom. The average molecular weight is 468 g/mol. The lowest BCUT2D eigenvalue weighted by Crippen LogP contribution is -2.38. The highest BCUT2D eigenvalue weighted by Gasteiger charge is 2.09. The van der Waals surface area contributed by atoms with Gasteiger partial charge in [-0.1, -0.05) is 29.3 Å². The summed E-state index contributed by atoms with van der Waals surface area (Å²) in [6, 6.07) is 5.84. The Hall–Kier alpha value is -0.990. The summed E-state index contributed by atoms with van der Waals surface area (Å²) in [5.74, 6) is 0.734. The molecule has 0 aliphatic carbocycles. The summed E-state index contributed by atoms with van der Waals surface area (Å²) in [4.78, 5) is 8.29. The Kier molecular flexibility index (Phi) is 8.72. The molecule has 2 rings (SSSR count). The molecule has 5 nitrogen and oxygen atoms in total. The fourth-order valence-corrected chi connectivity index (χ4v) is 2.44. The highest BCUT2D eigenvalue weighted by molar-refractivity contribution is 14.0. The molecule has 2 aromatic rings. The zero-order valence-corrected chi connectivity index (χ0v) is 16.9. The minimum absolute atomic E-state index is 0. The monoisotopic (exact) mass is 467 g/mol. The molecule has 0 unspecified atom stereocenters. The predicted molar refractivity (Wildman–Crippen MR) is 107 cm³/mol. The molecule has 0 amide bonds. The van der Waals surface area contributed by atoms with Gasteiger partial charge in [0, 0.05) is 38.7 Å². The van der Waals surface area contributed by atoms with Crippen LogP contribution in [0.3, 0.4) is 0 Å². The van der Waals surface area contributed by atoms with Gasteiger partial charge < -0.3 is 15.2 Å². The van der Waals surface area contributed by atoms with Gasteiger partial charge in [0.1, 0.15) is 5.15 Å². The molecule has 2 heterocycles. The van der Waals surface area contributed by atoms with E-state index >= 15 is 0 Å². The van der Waals surface area contributed by atoms with Gasteiger partial charge in [-0.3, -0.25) is 9.98 Å². The number of halogens is 3. The lowest BCUT2D eigenvalue weighted by atomic mass is 10.2. The van der Waals surface area contributed by atoms with Crippen LogP contribution in [0, 0.1) is 0 Å². The minimum Gasteiger partial charge on any atom is -0.356 e. The smallest absolute Gasteiger partial charge is 0.191 e. The summed E-state index contributed by atoms with van der Waals surface area (Å²) >= 11 is 12.1. The van der Waals surface area contributed by atoms with Crippen LogP contribution < -0.4 is 10.6 Å². The van der Waals surface area contributed by atoms with Crippen LogP contribution in [0.5, 0.6) is 0 Å². The average Bonchev–Trinajstić information content (AvgIpc) is 2.79. The van der Waals surface area contributed by atoms with E-state index in [0.29, 0.717) is 16.7 Å².